The third-order valence-corrected chi connectivity index (χ3v) is 5.43. The van der Waals surface area contributed by atoms with Crippen LogP contribution < -0.4 is 9.73 Å². The molecule has 0 aliphatic heterocycles. The third-order valence-electron chi connectivity index (χ3n) is 4.21. The SMILES string of the molecule is CCN(CC)c1ccc(/C=N/NS(=O)(=O)c2ccc(C)c([N+](=O)[O-])c2)c(O)c1. The molecule has 0 bridgehead atoms. The lowest BCUT2D eigenvalue weighted by Gasteiger charge is -2.21. The van der Waals surface area contributed by atoms with Crippen LogP contribution in [0, 0.1) is 17.0 Å². The molecule has 2 aromatic rings. The van der Waals surface area contributed by atoms with Crippen LogP contribution in [0.4, 0.5) is 11.4 Å². The average Bonchev–Trinajstić information content (AvgIpc) is 2.64. The van der Waals surface area contributed by atoms with Crippen molar-refractivity contribution >= 4 is 27.6 Å². The van der Waals surface area contributed by atoms with E-state index < -0.39 is 14.9 Å². The quantitative estimate of drug-likeness (QED) is 0.394. The van der Waals surface area contributed by atoms with Crippen LogP contribution in [0.1, 0.15) is 25.0 Å². The Morgan fingerprint density at radius 1 is 1.21 bits per heavy atom. The highest BCUT2D eigenvalue weighted by Crippen LogP contribution is 2.24. The lowest BCUT2D eigenvalue weighted by atomic mass is 10.2. The van der Waals surface area contributed by atoms with Gasteiger partial charge in [0.05, 0.1) is 16.0 Å². The summed E-state index contributed by atoms with van der Waals surface area (Å²) < 4.78 is 24.6. The van der Waals surface area contributed by atoms with Crippen LogP contribution in [0.3, 0.4) is 0 Å². The van der Waals surface area contributed by atoms with Gasteiger partial charge < -0.3 is 10.0 Å². The van der Waals surface area contributed by atoms with Crippen LogP contribution in [0.5, 0.6) is 5.75 Å². The van der Waals surface area contributed by atoms with E-state index >= 15 is 0 Å². The maximum Gasteiger partial charge on any atom is 0.276 e. The molecule has 0 radical (unpaired) electrons. The number of nitro groups is 1. The van der Waals surface area contributed by atoms with E-state index in [1.54, 1.807) is 18.2 Å². The normalized spacial score (nSPS) is 11.5. The number of sulfonamides is 1. The number of nitrogens with zero attached hydrogens (tertiary/aromatic N) is 3. The molecule has 0 heterocycles. The number of anilines is 1. The molecular formula is C18H22N4O5S. The van der Waals surface area contributed by atoms with Gasteiger partial charge in [0.15, 0.2) is 0 Å². The van der Waals surface area contributed by atoms with Gasteiger partial charge in [-0.1, -0.05) is 6.07 Å². The molecule has 0 saturated heterocycles. The number of rotatable bonds is 8. The first kappa shape index (κ1) is 21.2. The van der Waals surface area contributed by atoms with Crippen molar-refractivity contribution in [2.75, 3.05) is 18.0 Å². The monoisotopic (exact) mass is 406 g/mol. The summed E-state index contributed by atoms with van der Waals surface area (Å²) in [6, 6.07) is 8.59. The van der Waals surface area contributed by atoms with Crippen molar-refractivity contribution in [1.29, 1.82) is 0 Å². The Bertz CT molecular complexity index is 1000. The highest BCUT2D eigenvalue weighted by atomic mass is 32.2. The van der Waals surface area contributed by atoms with E-state index in [0.717, 1.165) is 24.8 Å². The van der Waals surface area contributed by atoms with E-state index in [4.69, 9.17) is 0 Å². The van der Waals surface area contributed by atoms with E-state index in [1.165, 1.54) is 25.3 Å². The van der Waals surface area contributed by atoms with Gasteiger partial charge in [0.2, 0.25) is 0 Å². The Kier molecular flexibility index (Phi) is 6.57. The van der Waals surface area contributed by atoms with Crippen LogP contribution in [0.2, 0.25) is 0 Å². The predicted molar refractivity (Wildman–Crippen MR) is 107 cm³/mol. The standard InChI is InChI=1S/C18H22N4O5S/c1-4-21(5-2)15-8-7-14(18(23)10-15)12-19-20-28(26,27)16-9-6-13(3)17(11-16)22(24)25/h6-12,20,23H,4-5H2,1-3H3/b19-12+. The van der Waals surface area contributed by atoms with Gasteiger partial charge in [-0.25, -0.2) is 4.83 Å². The number of aromatic hydroxyl groups is 1. The highest BCUT2D eigenvalue weighted by Gasteiger charge is 2.19. The van der Waals surface area contributed by atoms with Gasteiger partial charge >= 0.3 is 0 Å². The molecular weight excluding hydrogens is 384 g/mol. The lowest BCUT2D eigenvalue weighted by molar-refractivity contribution is -0.385. The molecule has 2 N–H and O–H groups in total. The van der Waals surface area contributed by atoms with Gasteiger partial charge in [-0.15, -0.1) is 0 Å². The second kappa shape index (κ2) is 8.70. The predicted octanol–water partition coefficient (Wildman–Crippen LogP) is 2.77. The molecule has 150 valence electrons. The van der Waals surface area contributed by atoms with Crippen LogP contribution in [0.25, 0.3) is 0 Å². The third kappa shape index (κ3) is 4.77. The highest BCUT2D eigenvalue weighted by molar-refractivity contribution is 7.89. The van der Waals surface area contributed by atoms with E-state index in [-0.39, 0.29) is 16.3 Å². The van der Waals surface area contributed by atoms with Crippen molar-refractivity contribution in [2.45, 2.75) is 25.7 Å². The number of nitro benzene ring substituents is 1. The molecule has 0 aromatic heterocycles. The fourth-order valence-corrected chi connectivity index (χ4v) is 3.41. The first-order valence-electron chi connectivity index (χ1n) is 8.57. The van der Waals surface area contributed by atoms with Gasteiger partial charge in [-0.3, -0.25) is 10.1 Å². The van der Waals surface area contributed by atoms with E-state index in [2.05, 4.69) is 5.10 Å². The van der Waals surface area contributed by atoms with Crippen molar-refractivity contribution in [2.24, 2.45) is 5.10 Å². The number of phenolic OH excluding ortho intramolecular Hbond substituents is 1. The summed E-state index contributed by atoms with van der Waals surface area (Å²) in [5.41, 5.74) is 1.22. The van der Waals surface area contributed by atoms with Crippen molar-refractivity contribution in [3.8, 4) is 5.75 Å². The maximum atomic E-state index is 12.3. The van der Waals surface area contributed by atoms with Crippen molar-refractivity contribution in [3.63, 3.8) is 0 Å². The second-order valence-corrected chi connectivity index (χ2v) is 7.63. The zero-order chi connectivity index (χ0) is 20.9. The molecule has 2 aromatic carbocycles. The number of benzene rings is 2. The first-order chi connectivity index (χ1) is 13.2. The zero-order valence-corrected chi connectivity index (χ0v) is 16.6. The summed E-state index contributed by atoms with van der Waals surface area (Å²) in [5.74, 6) is -0.0432. The number of hydrazone groups is 1. The van der Waals surface area contributed by atoms with Gasteiger partial charge in [-0.2, -0.15) is 13.5 Å². The fraction of sp³-hybridized carbons (Fsp3) is 0.278. The number of hydrogen-bond acceptors (Lipinski definition) is 7. The average molecular weight is 406 g/mol. The molecule has 2 rings (SSSR count). The topological polar surface area (TPSA) is 125 Å². The maximum absolute atomic E-state index is 12.3. The molecule has 0 fully saturated rings. The summed E-state index contributed by atoms with van der Waals surface area (Å²) >= 11 is 0. The number of aryl methyl sites for hydroxylation is 1. The number of nitrogens with one attached hydrogen (secondary N) is 1. The molecule has 0 amide bonds. The summed E-state index contributed by atoms with van der Waals surface area (Å²) in [6.45, 7) is 7.09. The minimum atomic E-state index is -4.09. The smallest absolute Gasteiger partial charge is 0.276 e. The summed E-state index contributed by atoms with van der Waals surface area (Å²) in [7, 11) is -4.09. The molecule has 0 atom stereocenters. The van der Waals surface area contributed by atoms with Crippen molar-refractivity contribution in [1.82, 2.24) is 4.83 Å². The summed E-state index contributed by atoms with van der Waals surface area (Å²) in [5, 5.41) is 24.8. The van der Waals surface area contributed by atoms with Crippen molar-refractivity contribution in [3.05, 3.63) is 57.6 Å². The van der Waals surface area contributed by atoms with Crippen LogP contribution in [0.15, 0.2) is 46.4 Å². The van der Waals surface area contributed by atoms with Crippen LogP contribution in [-0.4, -0.2) is 37.8 Å². The molecule has 28 heavy (non-hydrogen) atoms. The Balaban J connectivity index is 2.20. The lowest BCUT2D eigenvalue weighted by Crippen LogP contribution is -2.21. The Morgan fingerprint density at radius 3 is 2.46 bits per heavy atom. The minimum absolute atomic E-state index is 0.0432. The molecule has 0 aliphatic rings. The Morgan fingerprint density at radius 2 is 1.89 bits per heavy atom. The van der Waals surface area contributed by atoms with Gasteiger partial charge in [0.25, 0.3) is 15.7 Å². The number of hydrogen-bond donors (Lipinski definition) is 2. The van der Waals surface area contributed by atoms with Crippen LogP contribution in [-0.2, 0) is 10.0 Å². The van der Waals surface area contributed by atoms with Crippen molar-refractivity contribution < 1.29 is 18.4 Å². The molecule has 0 spiro atoms. The molecule has 10 heteroatoms. The zero-order valence-electron chi connectivity index (χ0n) is 15.8. The summed E-state index contributed by atoms with van der Waals surface area (Å²) in [4.78, 5) is 14.1. The Hall–Kier alpha value is -3.14. The Labute approximate surface area is 163 Å². The number of phenols is 1. The van der Waals surface area contributed by atoms with Gasteiger partial charge in [-0.05, 0) is 39.0 Å². The van der Waals surface area contributed by atoms with Gasteiger partial charge in [0.1, 0.15) is 5.75 Å². The van der Waals surface area contributed by atoms with E-state index in [1.807, 2.05) is 23.6 Å². The summed E-state index contributed by atoms with van der Waals surface area (Å²) in [6.07, 6.45) is 1.17. The van der Waals surface area contributed by atoms with Crippen LogP contribution >= 0.6 is 0 Å². The van der Waals surface area contributed by atoms with E-state index in [0.29, 0.717) is 11.1 Å². The fourth-order valence-electron chi connectivity index (χ4n) is 2.60. The second-order valence-electron chi connectivity index (χ2n) is 5.97. The molecule has 0 aliphatic carbocycles. The molecule has 0 saturated carbocycles. The molecule has 9 nitrogen and oxygen atoms in total. The largest absolute Gasteiger partial charge is 0.507 e. The minimum Gasteiger partial charge on any atom is -0.507 e. The van der Waals surface area contributed by atoms with Gasteiger partial charge in [0, 0.05) is 42.0 Å². The first-order valence-corrected chi connectivity index (χ1v) is 10.1. The van der Waals surface area contributed by atoms with E-state index in [9.17, 15) is 23.6 Å². The molecule has 0 unspecified atom stereocenters.